The summed E-state index contributed by atoms with van der Waals surface area (Å²) in [4.78, 5) is 2.50. The summed E-state index contributed by atoms with van der Waals surface area (Å²) in [6.07, 6.45) is 4.02. The molecule has 1 fully saturated rings. The highest BCUT2D eigenvalue weighted by atomic mass is 16.5. The molecule has 0 amide bonds. The van der Waals surface area contributed by atoms with E-state index in [1.165, 1.54) is 31.4 Å². The second kappa shape index (κ2) is 9.06. The van der Waals surface area contributed by atoms with Crippen molar-refractivity contribution in [1.82, 2.24) is 10.2 Å². The Morgan fingerprint density at radius 1 is 1.19 bits per heavy atom. The van der Waals surface area contributed by atoms with Crippen LogP contribution in [-0.2, 0) is 6.54 Å². The van der Waals surface area contributed by atoms with Crippen molar-refractivity contribution in [3.63, 3.8) is 0 Å². The number of nitrogens with zero attached hydrogens (tertiary/aromatic N) is 1. The average Bonchev–Trinajstić information content (AvgIpc) is 3.32. The van der Waals surface area contributed by atoms with Gasteiger partial charge in [-0.1, -0.05) is 26.0 Å². The Morgan fingerprint density at radius 3 is 2.57 bits per heavy atom. The lowest BCUT2D eigenvalue weighted by atomic mass is 10.2. The van der Waals surface area contributed by atoms with Gasteiger partial charge in [-0.3, -0.25) is 4.90 Å². The van der Waals surface area contributed by atoms with Gasteiger partial charge in [0.15, 0.2) is 0 Å². The van der Waals surface area contributed by atoms with Crippen LogP contribution in [0, 0.1) is 5.92 Å². The topological polar surface area (TPSA) is 24.5 Å². The lowest BCUT2D eigenvalue weighted by Gasteiger charge is -2.20. The Kier molecular flexibility index (Phi) is 7.04. The Hall–Kier alpha value is -1.06. The molecule has 0 atom stereocenters. The van der Waals surface area contributed by atoms with Gasteiger partial charge in [-0.15, -0.1) is 0 Å². The summed E-state index contributed by atoms with van der Waals surface area (Å²) in [5.74, 6) is 1.94. The Bertz CT molecular complexity index is 387. The van der Waals surface area contributed by atoms with Gasteiger partial charge in [-0.05, 0) is 56.0 Å². The van der Waals surface area contributed by atoms with Crippen molar-refractivity contribution in [1.29, 1.82) is 0 Å². The minimum absolute atomic E-state index is 0.786. The highest BCUT2D eigenvalue weighted by Gasteiger charge is 2.23. The molecule has 3 nitrogen and oxygen atoms in total. The van der Waals surface area contributed by atoms with Crippen LogP contribution in [0.3, 0.4) is 0 Å². The molecule has 0 saturated heterocycles. The predicted octanol–water partition coefficient (Wildman–Crippen LogP) is 3.30. The van der Waals surface area contributed by atoms with Gasteiger partial charge in [-0.2, -0.15) is 0 Å². The minimum Gasteiger partial charge on any atom is -0.492 e. The third kappa shape index (κ3) is 6.49. The monoisotopic (exact) mass is 290 g/mol. The summed E-state index contributed by atoms with van der Waals surface area (Å²) in [6.45, 7) is 10.6. The van der Waals surface area contributed by atoms with Gasteiger partial charge in [0.25, 0.3) is 0 Å². The molecule has 0 aliphatic heterocycles. The van der Waals surface area contributed by atoms with Crippen molar-refractivity contribution in [3.8, 4) is 5.75 Å². The SMILES string of the molecule is CCCNCc1ccc(OCCN(CC)CC2CC2)cc1. The quantitative estimate of drug-likeness (QED) is 0.633. The Morgan fingerprint density at radius 2 is 1.95 bits per heavy atom. The van der Waals surface area contributed by atoms with Crippen LogP contribution in [0.4, 0.5) is 0 Å². The van der Waals surface area contributed by atoms with E-state index in [4.69, 9.17) is 4.74 Å². The molecule has 1 saturated carbocycles. The van der Waals surface area contributed by atoms with Gasteiger partial charge in [0.05, 0.1) is 0 Å². The van der Waals surface area contributed by atoms with Crippen molar-refractivity contribution in [2.24, 2.45) is 5.92 Å². The van der Waals surface area contributed by atoms with Crippen molar-refractivity contribution in [3.05, 3.63) is 29.8 Å². The first-order valence-corrected chi connectivity index (χ1v) is 8.46. The van der Waals surface area contributed by atoms with Gasteiger partial charge in [0, 0.05) is 19.6 Å². The molecule has 0 bridgehead atoms. The second-order valence-electron chi connectivity index (χ2n) is 6.01. The number of hydrogen-bond acceptors (Lipinski definition) is 3. The van der Waals surface area contributed by atoms with E-state index < -0.39 is 0 Å². The smallest absolute Gasteiger partial charge is 0.119 e. The first-order chi connectivity index (χ1) is 10.3. The summed E-state index contributed by atoms with van der Waals surface area (Å²) < 4.78 is 5.86. The number of nitrogens with one attached hydrogen (secondary N) is 1. The van der Waals surface area contributed by atoms with Crippen molar-refractivity contribution >= 4 is 0 Å². The average molecular weight is 290 g/mol. The zero-order chi connectivity index (χ0) is 14.9. The molecule has 3 heteroatoms. The third-order valence-electron chi connectivity index (χ3n) is 4.02. The maximum absolute atomic E-state index is 5.86. The molecule has 1 aromatic rings. The first-order valence-electron chi connectivity index (χ1n) is 8.46. The van der Waals surface area contributed by atoms with Crippen LogP contribution >= 0.6 is 0 Å². The van der Waals surface area contributed by atoms with E-state index in [-0.39, 0.29) is 0 Å². The molecular formula is C18H30N2O. The van der Waals surface area contributed by atoms with Gasteiger partial charge in [-0.25, -0.2) is 0 Å². The second-order valence-corrected chi connectivity index (χ2v) is 6.01. The fraction of sp³-hybridized carbons (Fsp3) is 0.667. The molecule has 0 heterocycles. The van der Waals surface area contributed by atoms with E-state index in [2.05, 4.69) is 48.3 Å². The molecule has 0 aromatic heterocycles. The fourth-order valence-electron chi connectivity index (χ4n) is 2.45. The number of likely N-dealkylation sites (N-methyl/N-ethyl adjacent to an activating group) is 1. The molecule has 2 rings (SSSR count). The minimum atomic E-state index is 0.786. The zero-order valence-electron chi connectivity index (χ0n) is 13.6. The largest absolute Gasteiger partial charge is 0.492 e. The maximum atomic E-state index is 5.86. The van der Waals surface area contributed by atoms with Crippen molar-refractivity contribution in [2.75, 3.05) is 32.8 Å². The van der Waals surface area contributed by atoms with E-state index in [0.717, 1.165) is 44.5 Å². The molecule has 0 unspecified atom stereocenters. The molecule has 1 aliphatic carbocycles. The van der Waals surface area contributed by atoms with Crippen LogP contribution in [0.1, 0.15) is 38.7 Å². The number of benzene rings is 1. The number of hydrogen-bond donors (Lipinski definition) is 1. The van der Waals surface area contributed by atoms with Crippen molar-refractivity contribution in [2.45, 2.75) is 39.7 Å². The molecule has 21 heavy (non-hydrogen) atoms. The van der Waals surface area contributed by atoms with Crippen LogP contribution in [-0.4, -0.2) is 37.7 Å². The van der Waals surface area contributed by atoms with Gasteiger partial charge in [0.1, 0.15) is 12.4 Å². The van der Waals surface area contributed by atoms with Crippen LogP contribution < -0.4 is 10.1 Å². The van der Waals surface area contributed by atoms with Crippen LogP contribution in [0.5, 0.6) is 5.75 Å². The molecule has 1 N–H and O–H groups in total. The highest BCUT2D eigenvalue weighted by Crippen LogP contribution is 2.29. The molecular weight excluding hydrogens is 260 g/mol. The van der Waals surface area contributed by atoms with Gasteiger partial charge >= 0.3 is 0 Å². The summed E-state index contributed by atoms with van der Waals surface area (Å²) in [7, 11) is 0. The fourth-order valence-corrected chi connectivity index (χ4v) is 2.45. The van der Waals surface area contributed by atoms with E-state index in [9.17, 15) is 0 Å². The molecule has 0 radical (unpaired) electrons. The van der Waals surface area contributed by atoms with E-state index in [1.54, 1.807) is 0 Å². The summed E-state index contributed by atoms with van der Waals surface area (Å²) in [6, 6.07) is 8.47. The summed E-state index contributed by atoms with van der Waals surface area (Å²) in [5.41, 5.74) is 1.32. The van der Waals surface area contributed by atoms with Crippen LogP contribution in [0.15, 0.2) is 24.3 Å². The standard InChI is InChI=1S/C18H30N2O/c1-3-11-19-14-16-7-9-18(10-8-16)21-13-12-20(4-2)15-17-5-6-17/h7-10,17,19H,3-6,11-15H2,1-2H3. The van der Waals surface area contributed by atoms with Crippen molar-refractivity contribution < 1.29 is 4.74 Å². The number of ether oxygens (including phenoxy) is 1. The zero-order valence-corrected chi connectivity index (χ0v) is 13.6. The summed E-state index contributed by atoms with van der Waals surface area (Å²) >= 11 is 0. The molecule has 118 valence electrons. The van der Waals surface area contributed by atoms with Crippen LogP contribution in [0.25, 0.3) is 0 Å². The molecule has 0 spiro atoms. The van der Waals surface area contributed by atoms with E-state index in [0.29, 0.717) is 0 Å². The third-order valence-corrected chi connectivity index (χ3v) is 4.02. The van der Waals surface area contributed by atoms with Crippen LogP contribution in [0.2, 0.25) is 0 Å². The molecule has 1 aliphatic rings. The Balaban J connectivity index is 1.65. The lowest BCUT2D eigenvalue weighted by Crippen LogP contribution is -2.30. The molecule has 1 aromatic carbocycles. The normalized spacial score (nSPS) is 14.6. The summed E-state index contributed by atoms with van der Waals surface area (Å²) in [5, 5.41) is 3.41. The first kappa shape index (κ1) is 16.3. The lowest BCUT2D eigenvalue weighted by molar-refractivity contribution is 0.210. The number of rotatable bonds is 11. The van der Waals surface area contributed by atoms with E-state index in [1.807, 2.05) is 0 Å². The van der Waals surface area contributed by atoms with E-state index >= 15 is 0 Å². The highest BCUT2D eigenvalue weighted by molar-refractivity contribution is 5.27. The predicted molar refractivity (Wildman–Crippen MR) is 88.8 cm³/mol. The van der Waals surface area contributed by atoms with Gasteiger partial charge < -0.3 is 10.1 Å². The Labute approximate surface area is 129 Å². The van der Waals surface area contributed by atoms with Gasteiger partial charge in [0.2, 0.25) is 0 Å². The maximum Gasteiger partial charge on any atom is 0.119 e.